The van der Waals surface area contributed by atoms with Crippen molar-refractivity contribution in [1.82, 2.24) is 0 Å². The van der Waals surface area contributed by atoms with Crippen LogP contribution in [-0.4, -0.2) is 0 Å². The lowest BCUT2D eigenvalue weighted by molar-refractivity contribution is 1.16. The largest absolute Gasteiger partial charge is 0.144 e. The molecule has 2 rings (SSSR count). The highest BCUT2D eigenvalue weighted by Crippen LogP contribution is 2.23. The SMILES string of the molecule is CCc1cccc2sccc12. The normalized spacial score (nSPS) is 10.6. The highest BCUT2D eigenvalue weighted by molar-refractivity contribution is 7.17. The molecule has 0 saturated carbocycles. The summed E-state index contributed by atoms with van der Waals surface area (Å²) in [6.07, 6.45) is 1.13. The lowest BCUT2D eigenvalue weighted by Crippen LogP contribution is -1.77. The van der Waals surface area contributed by atoms with Crippen molar-refractivity contribution in [3.63, 3.8) is 0 Å². The lowest BCUT2D eigenvalue weighted by atomic mass is 10.1. The van der Waals surface area contributed by atoms with Gasteiger partial charge in [-0.3, -0.25) is 0 Å². The third-order valence-electron chi connectivity index (χ3n) is 1.97. The molecule has 0 nitrogen and oxygen atoms in total. The third kappa shape index (κ3) is 1.05. The van der Waals surface area contributed by atoms with Crippen LogP contribution in [0.5, 0.6) is 0 Å². The smallest absolute Gasteiger partial charge is 0.0345 e. The van der Waals surface area contributed by atoms with Crippen LogP contribution in [0.4, 0.5) is 0 Å². The Morgan fingerprint density at radius 3 is 3.00 bits per heavy atom. The van der Waals surface area contributed by atoms with Crippen molar-refractivity contribution in [3.05, 3.63) is 35.2 Å². The van der Waals surface area contributed by atoms with Crippen LogP contribution in [0.1, 0.15) is 12.5 Å². The Labute approximate surface area is 70.5 Å². The fourth-order valence-electron chi connectivity index (χ4n) is 1.37. The average molecular weight is 162 g/mol. The second-order valence-corrected chi connectivity index (χ2v) is 3.55. The van der Waals surface area contributed by atoms with Gasteiger partial charge < -0.3 is 0 Å². The minimum Gasteiger partial charge on any atom is -0.144 e. The monoisotopic (exact) mass is 162 g/mol. The summed E-state index contributed by atoms with van der Waals surface area (Å²) in [4.78, 5) is 0. The maximum atomic E-state index is 2.21. The third-order valence-corrected chi connectivity index (χ3v) is 2.85. The Bertz CT molecular complexity index is 360. The fraction of sp³-hybridized carbons (Fsp3) is 0.200. The van der Waals surface area contributed by atoms with E-state index in [1.54, 1.807) is 0 Å². The van der Waals surface area contributed by atoms with E-state index in [4.69, 9.17) is 0 Å². The number of thiophene rings is 1. The van der Waals surface area contributed by atoms with Gasteiger partial charge >= 0.3 is 0 Å². The van der Waals surface area contributed by atoms with E-state index in [0.29, 0.717) is 0 Å². The quantitative estimate of drug-likeness (QED) is 0.602. The van der Waals surface area contributed by atoms with Gasteiger partial charge in [0.2, 0.25) is 0 Å². The molecule has 0 bridgehead atoms. The Kier molecular flexibility index (Phi) is 1.66. The van der Waals surface area contributed by atoms with Crippen LogP contribution in [0.3, 0.4) is 0 Å². The topological polar surface area (TPSA) is 0 Å². The second kappa shape index (κ2) is 2.67. The molecule has 2 aromatic rings. The standard InChI is InChI=1S/C10H10S/c1-2-8-4-3-5-10-9(8)6-7-11-10/h3-7H,2H2,1H3. The molecule has 0 radical (unpaired) electrons. The maximum Gasteiger partial charge on any atom is 0.0345 e. The average Bonchev–Trinajstić information content (AvgIpc) is 2.50. The van der Waals surface area contributed by atoms with Crippen LogP contribution in [-0.2, 0) is 6.42 Å². The van der Waals surface area contributed by atoms with Crippen LogP contribution < -0.4 is 0 Å². The molecular formula is C10H10S. The van der Waals surface area contributed by atoms with E-state index >= 15 is 0 Å². The first-order valence-corrected chi connectivity index (χ1v) is 4.75. The molecule has 0 spiro atoms. The van der Waals surface area contributed by atoms with Crippen molar-refractivity contribution in [2.45, 2.75) is 13.3 Å². The van der Waals surface area contributed by atoms with Gasteiger partial charge in [-0.2, -0.15) is 0 Å². The zero-order valence-electron chi connectivity index (χ0n) is 6.50. The molecule has 56 valence electrons. The van der Waals surface area contributed by atoms with Crippen LogP contribution >= 0.6 is 11.3 Å². The van der Waals surface area contributed by atoms with Gasteiger partial charge in [0.15, 0.2) is 0 Å². The molecule has 1 aromatic carbocycles. The fourth-order valence-corrected chi connectivity index (χ4v) is 2.20. The molecule has 11 heavy (non-hydrogen) atoms. The Hall–Kier alpha value is -0.820. The Balaban J connectivity index is 2.79. The van der Waals surface area contributed by atoms with Crippen LogP contribution in [0.15, 0.2) is 29.6 Å². The van der Waals surface area contributed by atoms with Gasteiger partial charge in [0.25, 0.3) is 0 Å². The lowest BCUT2D eigenvalue weighted by Gasteiger charge is -1.96. The van der Waals surface area contributed by atoms with Gasteiger partial charge in [-0.05, 0) is 34.9 Å². The summed E-state index contributed by atoms with van der Waals surface area (Å²) in [7, 11) is 0. The summed E-state index contributed by atoms with van der Waals surface area (Å²) >= 11 is 1.82. The molecule has 1 heteroatoms. The zero-order chi connectivity index (χ0) is 7.68. The minimum absolute atomic E-state index is 1.13. The van der Waals surface area contributed by atoms with E-state index in [1.807, 2.05) is 11.3 Å². The van der Waals surface area contributed by atoms with Crippen LogP contribution in [0.2, 0.25) is 0 Å². The molecule has 1 heterocycles. The van der Waals surface area contributed by atoms with E-state index in [9.17, 15) is 0 Å². The van der Waals surface area contributed by atoms with Crippen LogP contribution in [0, 0.1) is 0 Å². The number of hydrogen-bond donors (Lipinski definition) is 0. The summed E-state index contributed by atoms with van der Waals surface area (Å²) in [5.41, 5.74) is 1.46. The molecular weight excluding hydrogens is 152 g/mol. The van der Waals surface area contributed by atoms with E-state index in [2.05, 4.69) is 36.6 Å². The van der Waals surface area contributed by atoms with Gasteiger partial charge in [0.1, 0.15) is 0 Å². The predicted molar refractivity (Wildman–Crippen MR) is 51.2 cm³/mol. The maximum absolute atomic E-state index is 2.21. The van der Waals surface area contributed by atoms with Crippen molar-refractivity contribution >= 4 is 21.4 Å². The van der Waals surface area contributed by atoms with Gasteiger partial charge in [0, 0.05) is 4.70 Å². The van der Waals surface area contributed by atoms with Crippen molar-refractivity contribution in [2.24, 2.45) is 0 Å². The first-order valence-electron chi connectivity index (χ1n) is 3.87. The molecule has 0 amide bonds. The molecule has 0 aliphatic carbocycles. The van der Waals surface area contributed by atoms with E-state index in [1.165, 1.54) is 15.6 Å². The Morgan fingerprint density at radius 2 is 2.18 bits per heavy atom. The van der Waals surface area contributed by atoms with E-state index in [-0.39, 0.29) is 0 Å². The number of hydrogen-bond acceptors (Lipinski definition) is 1. The summed E-state index contributed by atoms with van der Waals surface area (Å²) in [5, 5.41) is 3.59. The molecule has 0 aliphatic heterocycles. The molecule has 1 aromatic heterocycles. The number of rotatable bonds is 1. The van der Waals surface area contributed by atoms with Crippen molar-refractivity contribution in [3.8, 4) is 0 Å². The minimum atomic E-state index is 1.13. The molecule has 0 fully saturated rings. The number of fused-ring (bicyclic) bond motifs is 1. The van der Waals surface area contributed by atoms with Crippen molar-refractivity contribution in [1.29, 1.82) is 0 Å². The molecule has 0 aliphatic rings. The van der Waals surface area contributed by atoms with Gasteiger partial charge in [-0.1, -0.05) is 19.1 Å². The molecule has 0 N–H and O–H groups in total. The predicted octanol–water partition coefficient (Wildman–Crippen LogP) is 3.46. The summed E-state index contributed by atoms with van der Waals surface area (Å²) < 4.78 is 1.41. The number of aryl methyl sites for hydroxylation is 1. The summed E-state index contributed by atoms with van der Waals surface area (Å²) in [6.45, 7) is 2.20. The first-order chi connectivity index (χ1) is 5.42. The Morgan fingerprint density at radius 1 is 1.27 bits per heavy atom. The van der Waals surface area contributed by atoms with Gasteiger partial charge in [-0.25, -0.2) is 0 Å². The molecule has 0 atom stereocenters. The zero-order valence-corrected chi connectivity index (χ0v) is 7.32. The van der Waals surface area contributed by atoms with Crippen LogP contribution in [0.25, 0.3) is 10.1 Å². The summed E-state index contributed by atoms with van der Waals surface area (Å²) in [6, 6.07) is 8.73. The molecule has 0 unspecified atom stereocenters. The van der Waals surface area contributed by atoms with E-state index < -0.39 is 0 Å². The first kappa shape index (κ1) is 6.86. The highest BCUT2D eigenvalue weighted by Gasteiger charge is 1.97. The summed E-state index contributed by atoms with van der Waals surface area (Å²) in [5.74, 6) is 0. The highest BCUT2D eigenvalue weighted by atomic mass is 32.1. The van der Waals surface area contributed by atoms with Crippen molar-refractivity contribution < 1.29 is 0 Å². The van der Waals surface area contributed by atoms with E-state index in [0.717, 1.165) is 6.42 Å². The second-order valence-electron chi connectivity index (χ2n) is 2.60. The molecule has 0 saturated heterocycles. The number of benzene rings is 1. The van der Waals surface area contributed by atoms with Gasteiger partial charge in [0.05, 0.1) is 0 Å². The van der Waals surface area contributed by atoms with Crippen molar-refractivity contribution in [2.75, 3.05) is 0 Å². The van der Waals surface area contributed by atoms with Gasteiger partial charge in [-0.15, -0.1) is 11.3 Å².